The van der Waals surface area contributed by atoms with Crippen LogP contribution in [-0.4, -0.2) is 58.0 Å². The van der Waals surface area contributed by atoms with E-state index in [4.69, 9.17) is 0 Å². The highest BCUT2D eigenvalue weighted by Crippen LogP contribution is 2.38. The van der Waals surface area contributed by atoms with Crippen LogP contribution in [0.25, 0.3) is 0 Å². The molecule has 5 nitrogen and oxygen atoms in total. The molecule has 1 aliphatic heterocycles. The molecule has 0 aromatic rings. The number of aliphatic carboxylic acids is 1. The molecular weight excluding hydrogens is 244 g/mol. The molecule has 2 rings (SSSR count). The maximum absolute atomic E-state index is 11.9. The Labute approximate surface area is 114 Å². The van der Waals surface area contributed by atoms with Crippen molar-refractivity contribution in [1.82, 2.24) is 9.80 Å². The zero-order valence-electron chi connectivity index (χ0n) is 11.9. The second kappa shape index (κ2) is 5.49. The first-order valence-electron chi connectivity index (χ1n) is 7.27. The highest BCUT2D eigenvalue weighted by molar-refractivity contribution is 5.86. The van der Waals surface area contributed by atoms with Gasteiger partial charge in [-0.15, -0.1) is 0 Å². The smallest absolute Gasteiger partial charge is 0.329 e. The first-order chi connectivity index (χ1) is 9.01. The van der Waals surface area contributed by atoms with Crippen molar-refractivity contribution in [2.75, 3.05) is 19.6 Å². The van der Waals surface area contributed by atoms with Crippen LogP contribution < -0.4 is 0 Å². The Morgan fingerprint density at radius 1 is 1.32 bits per heavy atom. The minimum atomic E-state index is -0.975. The van der Waals surface area contributed by atoms with Crippen LogP contribution in [0.3, 0.4) is 0 Å². The van der Waals surface area contributed by atoms with Gasteiger partial charge in [-0.05, 0) is 45.2 Å². The second-order valence-corrected chi connectivity index (χ2v) is 5.74. The molecule has 0 radical (unpaired) electrons. The van der Waals surface area contributed by atoms with E-state index in [0.29, 0.717) is 12.8 Å². The molecular formula is C14H24N2O3. The highest BCUT2D eigenvalue weighted by atomic mass is 16.4. The molecule has 0 aromatic carbocycles. The van der Waals surface area contributed by atoms with E-state index < -0.39 is 11.5 Å². The zero-order chi connectivity index (χ0) is 14.0. The van der Waals surface area contributed by atoms with Gasteiger partial charge < -0.3 is 14.9 Å². The van der Waals surface area contributed by atoms with Crippen molar-refractivity contribution in [2.45, 2.75) is 57.5 Å². The van der Waals surface area contributed by atoms with Crippen LogP contribution >= 0.6 is 0 Å². The second-order valence-electron chi connectivity index (χ2n) is 5.74. The summed E-state index contributed by atoms with van der Waals surface area (Å²) in [5.74, 6) is -0.914. The largest absolute Gasteiger partial charge is 0.479 e. The molecule has 1 saturated heterocycles. The average Bonchev–Trinajstić information content (AvgIpc) is 3.16. The summed E-state index contributed by atoms with van der Waals surface area (Å²) in [6.45, 7) is 6.24. The third-order valence-electron chi connectivity index (χ3n) is 4.46. The van der Waals surface area contributed by atoms with Gasteiger partial charge >= 0.3 is 5.97 Å². The number of rotatable bonds is 4. The summed E-state index contributed by atoms with van der Waals surface area (Å²) in [5.41, 5.74) is -0.975. The molecule has 0 bridgehead atoms. The van der Waals surface area contributed by atoms with E-state index in [1.54, 1.807) is 4.90 Å². The quantitative estimate of drug-likeness (QED) is 0.835. The number of likely N-dealkylation sites (tertiary alicyclic amines) is 1. The molecule has 2 aliphatic rings. The van der Waals surface area contributed by atoms with E-state index >= 15 is 0 Å². The number of nitrogens with zero attached hydrogens (tertiary/aromatic N) is 2. The molecule has 5 heteroatoms. The Balaban J connectivity index is 2.25. The van der Waals surface area contributed by atoms with Crippen molar-refractivity contribution < 1.29 is 14.7 Å². The number of carbonyl (C=O) groups excluding carboxylic acids is 1. The molecule has 19 heavy (non-hydrogen) atoms. The third-order valence-corrected chi connectivity index (χ3v) is 4.46. The Morgan fingerprint density at radius 3 is 2.47 bits per heavy atom. The van der Waals surface area contributed by atoms with Gasteiger partial charge in [0.05, 0.1) is 0 Å². The molecule has 1 atom stereocenters. The molecule has 1 unspecified atom stereocenters. The number of amides is 1. The highest BCUT2D eigenvalue weighted by Gasteiger charge is 2.51. The summed E-state index contributed by atoms with van der Waals surface area (Å²) in [6.07, 6.45) is 3.87. The maximum Gasteiger partial charge on any atom is 0.329 e. The van der Waals surface area contributed by atoms with E-state index in [1.807, 2.05) is 0 Å². The predicted molar refractivity (Wildman–Crippen MR) is 71.9 cm³/mol. The summed E-state index contributed by atoms with van der Waals surface area (Å²) in [4.78, 5) is 27.8. The van der Waals surface area contributed by atoms with Crippen LogP contribution in [0.15, 0.2) is 0 Å². The number of carboxylic acids is 1. The van der Waals surface area contributed by atoms with Crippen molar-refractivity contribution in [3.8, 4) is 0 Å². The van der Waals surface area contributed by atoms with Crippen LogP contribution in [0.5, 0.6) is 0 Å². The van der Waals surface area contributed by atoms with Gasteiger partial charge in [-0.1, -0.05) is 6.92 Å². The van der Waals surface area contributed by atoms with Crippen LogP contribution in [0.2, 0.25) is 0 Å². The normalized spacial score (nSPS) is 28.7. The Morgan fingerprint density at radius 2 is 2.00 bits per heavy atom. The Kier molecular flexibility index (Phi) is 4.13. The minimum Gasteiger partial charge on any atom is -0.479 e. The van der Waals surface area contributed by atoms with Gasteiger partial charge in [-0.25, -0.2) is 4.79 Å². The summed E-state index contributed by atoms with van der Waals surface area (Å²) in [7, 11) is 0. The summed E-state index contributed by atoms with van der Waals surface area (Å²) in [5, 5.41) is 9.76. The fourth-order valence-corrected chi connectivity index (χ4v) is 3.29. The Hall–Kier alpha value is -1.10. The number of carboxylic acid groups (broad SMARTS) is 1. The van der Waals surface area contributed by atoms with Gasteiger partial charge in [0.1, 0.15) is 5.54 Å². The minimum absolute atomic E-state index is 0.0881. The molecule has 108 valence electrons. The molecule has 0 aromatic heterocycles. The number of carbonyl (C=O) groups is 2. The van der Waals surface area contributed by atoms with Crippen LogP contribution in [0, 0.1) is 0 Å². The van der Waals surface area contributed by atoms with Crippen molar-refractivity contribution in [1.29, 1.82) is 0 Å². The topological polar surface area (TPSA) is 60.9 Å². The molecule has 1 N–H and O–H groups in total. The first-order valence-corrected chi connectivity index (χ1v) is 7.27. The van der Waals surface area contributed by atoms with E-state index in [9.17, 15) is 14.7 Å². The Bertz CT molecular complexity index is 368. The third kappa shape index (κ3) is 2.76. The van der Waals surface area contributed by atoms with Crippen LogP contribution in [0.4, 0.5) is 0 Å². The molecule has 0 spiro atoms. The van der Waals surface area contributed by atoms with Gasteiger partial charge in [0.15, 0.2) is 0 Å². The van der Waals surface area contributed by atoms with Crippen molar-refractivity contribution in [3.05, 3.63) is 0 Å². The summed E-state index contributed by atoms with van der Waals surface area (Å²) < 4.78 is 0. The lowest BCUT2D eigenvalue weighted by Crippen LogP contribution is -2.58. The van der Waals surface area contributed by atoms with E-state index in [2.05, 4.69) is 11.8 Å². The number of hydrogen-bond donors (Lipinski definition) is 1. The monoisotopic (exact) mass is 268 g/mol. The lowest BCUT2D eigenvalue weighted by molar-refractivity contribution is -0.160. The van der Waals surface area contributed by atoms with Crippen LogP contribution in [-0.2, 0) is 9.59 Å². The molecule has 1 saturated carbocycles. The SMILES string of the molecule is CCN1CCCC(C(=O)O)(N(C(C)=O)C2CC2)CC1. The summed E-state index contributed by atoms with van der Waals surface area (Å²) in [6, 6.07) is 0.154. The fourth-order valence-electron chi connectivity index (χ4n) is 3.29. The lowest BCUT2D eigenvalue weighted by atomic mass is 9.88. The van der Waals surface area contributed by atoms with E-state index in [1.165, 1.54) is 6.92 Å². The van der Waals surface area contributed by atoms with Crippen molar-refractivity contribution in [3.63, 3.8) is 0 Å². The standard InChI is InChI=1S/C14H24N2O3/c1-3-15-9-4-7-14(8-10-15,13(18)19)16(11(2)17)12-5-6-12/h12H,3-10H2,1-2H3,(H,18,19). The molecule has 1 amide bonds. The van der Waals surface area contributed by atoms with E-state index in [0.717, 1.165) is 38.9 Å². The first kappa shape index (κ1) is 14.3. The number of hydrogen-bond acceptors (Lipinski definition) is 3. The average molecular weight is 268 g/mol. The van der Waals surface area contributed by atoms with Gasteiger partial charge in [0.25, 0.3) is 0 Å². The maximum atomic E-state index is 11.9. The van der Waals surface area contributed by atoms with Gasteiger partial charge in [-0.3, -0.25) is 4.79 Å². The molecule has 1 aliphatic carbocycles. The van der Waals surface area contributed by atoms with Crippen molar-refractivity contribution >= 4 is 11.9 Å². The fraction of sp³-hybridized carbons (Fsp3) is 0.857. The van der Waals surface area contributed by atoms with Crippen LogP contribution in [0.1, 0.15) is 46.0 Å². The van der Waals surface area contributed by atoms with Gasteiger partial charge in [-0.2, -0.15) is 0 Å². The van der Waals surface area contributed by atoms with E-state index in [-0.39, 0.29) is 11.9 Å². The summed E-state index contributed by atoms with van der Waals surface area (Å²) >= 11 is 0. The van der Waals surface area contributed by atoms with Crippen molar-refractivity contribution in [2.24, 2.45) is 0 Å². The lowest BCUT2D eigenvalue weighted by Gasteiger charge is -2.40. The predicted octanol–water partition coefficient (Wildman–Crippen LogP) is 1.33. The molecule has 1 heterocycles. The van der Waals surface area contributed by atoms with Gasteiger partial charge in [0.2, 0.25) is 5.91 Å². The van der Waals surface area contributed by atoms with Gasteiger partial charge in [0, 0.05) is 19.5 Å². The molecule has 2 fully saturated rings. The zero-order valence-corrected chi connectivity index (χ0v) is 11.9.